The first-order chi connectivity index (χ1) is 8.51. The number of nitrogens with zero attached hydrogens (tertiary/aromatic N) is 2. The summed E-state index contributed by atoms with van der Waals surface area (Å²) in [5, 5.41) is 13.7. The van der Waals surface area contributed by atoms with E-state index in [0.29, 0.717) is 26.2 Å². The lowest BCUT2D eigenvalue weighted by atomic mass is 10.3. The van der Waals surface area contributed by atoms with Gasteiger partial charge in [-0.25, -0.2) is 8.42 Å². The molecule has 19 heavy (non-hydrogen) atoms. The quantitative estimate of drug-likeness (QED) is 0.652. The summed E-state index contributed by atoms with van der Waals surface area (Å²) in [6, 6.07) is 5.13. The summed E-state index contributed by atoms with van der Waals surface area (Å²) in [5.41, 5.74) is -0.216. The Bertz CT molecular complexity index is 558. The van der Waals surface area contributed by atoms with Crippen LogP contribution in [0.4, 0.5) is 5.69 Å². The van der Waals surface area contributed by atoms with Gasteiger partial charge in [-0.1, -0.05) is 6.07 Å². The number of benzene rings is 1. The highest BCUT2D eigenvalue weighted by atomic mass is 35.5. The molecule has 1 fully saturated rings. The number of nitrogens with one attached hydrogen (secondary N) is 1. The van der Waals surface area contributed by atoms with Gasteiger partial charge in [0.15, 0.2) is 0 Å². The normalized spacial score (nSPS) is 16.6. The van der Waals surface area contributed by atoms with Gasteiger partial charge in [0, 0.05) is 38.3 Å². The second-order valence-electron chi connectivity index (χ2n) is 3.91. The molecular weight excluding hydrogens is 294 g/mol. The molecule has 9 heteroatoms. The molecule has 1 aliphatic heterocycles. The van der Waals surface area contributed by atoms with Crippen LogP contribution in [0.1, 0.15) is 0 Å². The van der Waals surface area contributed by atoms with Crippen LogP contribution in [-0.4, -0.2) is 43.8 Å². The summed E-state index contributed by atoms with van der Waals surface area (Å²) < 4.78 is 25.8. The molecule has 7 nitrogen and oxygen atoms in total. The Balaban J connectivity index is 0.00000180. The molecule has 106 valence electrons. The molecule has 1 N–H and O–H groups in total. The zero-order valence-electron chi connectivity index (χ0n) is 9.98. The van der Waals surface area contributed by atoms with E-state index in [2.05, 4.69) is 5.32 Å². The minimum absolute atomic E-state index is 0. The molecule has 1 aromatic carbocycles. The second-order valence-corrected chi connectivity index (χ2v) is 5.85. The molecule has 0 aromatic heterocycles. The zero-order valence-corrected chi connectivity index (χ0v) is 11.6. The number of rotatable bonds is 3. The first-order valence-electron chi connectivity index (χ1n) is 5.47. The van der Waals surface area contributed by atoms with Crippen molar-refractivity contribution in [1.29, 1.82) is 0 Å². The Morgan fingerprint density at radius 3 is 2.47 bits per heavy atom. The number of halogens is 1. The highest BCUT2D eigenvalue weighted by Crippen LogP contribution is 2.21. The number of non-ortho nitro benzene ring substituents is 1. The summed E-state index contributed by atoms with van der Waals surface area (Å²) in [5.74, 6) is 0. The smallest absolute Gasteiger partial charge is 0.270 e. The van der Waals surface area contributed by atoms with E-state index in [9.17, 15) is 18.5 Å². The molecule has 0 aliphatic carbocycles. The highest BCUT2D eigenvalue weighted by Gasteiger charge is 2.26. The van der Waals surface area contributed by atoms with Gasteiger partial charge in [0.2, 0.25) is 10.0 Å². The zero-order chi connectivity index (χ0) is 13.2. The average molecular weight is 308 g/mol. The van der Waals surface area contributed by atoms with Crippen molar-refractivity contribution in [1.82, 2.24) is 9.62 Å². The SMILES string of the molecule is Cl.O=[N+]([O-])c1cccc(S(=O)(=O)N2CCNCC2)c1. The van der Waals surface area contributed by atoms with E-state index in [1.807, 2.05) is 0 Å². The van der Waals surface area contributed by atoms with Crippen molar-refractivity contribution in [3.8, 4) is 0 Å². The topological polar surface area (TPSA) is 92.5 Å². The molecular formula is C10H14ClN3O4S. The van der Waals surface area contributed by atoms with Gasteiger partial charge in [0.25, 0.3) is 5.69 Å². The summed E-state index contributed by atoms with van der Waals surface area (Å²) in [4.78, 5) is 10.0. The minimum Gasteiger partial charge on any atom is -0.314 e. The number of piperazine rings is 1. The summed E-state index contributed by atoms with van der Waals surface area (Å²) in [6.45, 7) is 1.94. The molecule has 1 heterocycles. The van der Waals surface area contributed by atoms with Crippen LogP contribution < -0.4 is 5.32 Å². The minimum atomic E-state index is -3.63. The van der Waals surface area contributed by atoms with Crippen molar-refractivity contribution in [2.75, 3.05) is 26.2 Å². The van der Waals surface area contributed by atoms with Gasteiger partial charge in [0.05, 0.1) is 9.82 Å². The van der Waals surface area contributed by atoms with Crippen molar-refractivity contribution in [3.05, 3.63) is 34.4 Å². The number of nitro groups is 1. The van der Waals surface area contributed by atoms with Gasteiger partial charge in [-0.3, -0.25) is 10.1 Å². The fourth-order valence-corrected chi connectivity index (χ4v) is 3.27. The lowest BCUT2D eigenvalue weighted by Crippen LogP contribution is -2.46. The fraction of sp³-hybridized carbons (Fsp3) is 0.400. The summed E-state index contributed by atoms with van der Waals surface area (Å²) >= 11 is 0. The summed E-state index contributed by atoms with van der Waals surface area (Å²) in [6.07, 6.45) is 0. The maximum atomic E-state index is 12.2. The van der Waals surface area contributed by atoms with Crippen LogP contribution in [0.15, 0.2) is 29.2 Å². The lowest BCUT2D eigenvalue weighted by molar-refractivity contribution is -0.385. The molecule has 1 aromatic rings. The van der Waals surface area contributed by atoms with Gasteiger partial charge in [-0.2, -0.15) is 4.31 Å². The van der Waals surface area contributed by atoms with Gasteiger partial charge < -0.3 is 5.32 Å². The molecule has 1 saturated heterocycles. The molecule has 0 amide bonds. The Morgan fingerprint density at radius 1 is 1.26 bits per heavy atom. The predicted molar refractivity (Wildman–Crippen MR) is 72.0 cm³/mol. The molecule has 0 saturated carbocycles. The van der Waals surface area contributed by atoms with Crippen LogP contribution >= 0.6 is 12.4 Å². The number of sulfonamides is 1. The third kappa shape index (κ3) is 3.41. The van der Waals surface area contributed by atoms with Gasteiger partial charge >= 0.3 is 0 Å². The van der Waals surface area contributed by atoms with E-state index in [1.165, 1.54) is 22.5 Å². The van der Waals surface area contributed by atoms with E-state index in [1.54, 1.807) is 0 Å². The molecule has 1 aliphatic rings. The van der Waals surface area contributed by atoms with Crippen LogP contribution in [0.5, 0.6) is 0 Å². The lowest BCUT2D eigenvalue weighted by Gasteiger charge is -2.26. The predicted octanol–water partition coefficient (Wildman–Crippen LogP) is 0.610. The maximum absolute atomic E-state index is 12.2. The molecule has 2 rings (SSSR count). The standard InChI is InChI=1S/C10H13N3O4S.ClH/c14-13(15)9-2-1-3-10(8-9)18(16,17)12-6-4-11-5-7-12;/h1-3,8,11H,4-7H2;1H. The maximum Gasteiger partial charge on any atom is 0.270 e. The van der Waals surface area contributed by atoms with E-state index in [4.69, 9.17) is 0 Å². The van der Waals surface area contributed by atoms with Crippen LogP contribution in [0.3, 0.4) is 0 Å². The summed E-state index contributed by atoms with van der Waals surface area (Å²) in [7, 11) is -3.63. The van der Waals surface area contributed by atoms with Crippen molar-refractivity contribution in [3.63, 3.8) is 0 Å². The monoisotopic (exact) mass is 307 g/mol. The van der Waals surface area contributed by atoms with Crippen molar-refractivity contribution >= 4 is 28.1 Å². The molecule has 0 atom stereocenters. The second kappa shape index (κ2) is 6.29. The van der Waals surface area contributed by atoms with E-state index in [-0.39, 0.29) is 23.0 Å². The Morgan fingerprint density at radius 2 is 1.89 bits per heavy atom. The molecule has 0 unspecified atom stereocenters. The van der Waals surface area contributed by atoms with Crippen molar-refractivity contribution < 1.29 is 13.3 Å². The van der Waals surface area contributed by atoms with E-state index >= 15 is 0 Å². The first kappa shape index (κ1) is 15.8. The van der Waals surface area contributed by atoms with Gasteiger partial charge in [-0.05, 0) is 6.07 Å². The first-order valence-corrected chi connectivity index (χ1v) is 6.91. The van der Waals surface area contributed by atoms with Crippen molar-refractivity contribution in [2.24, 2.45) is 0 Å². The number of nitro benzene ring substituents is 1. The average Bonchev–Trinajstić information content (AvgIpc) is 2.40. The highest BCUT2D eigenvalue weighted by molar-refractivity contribution is 7.89. The number of hydrogen-bond acceptors (Lipinski definition) is 5. The Hall–Kier alpha value is -1.22. The van der Waals surface area contributed by atoms with Gasteiger partial charge in [0.1, 0.15) is 0 Å². The van der Waals surface area contributed by atoms with Crippen LogP contribution in [0.25, 0.3) is 0 Å². The van der Waals surface area contributed by atoms with Crippen molar-refractivity contribution in [2.45, 2.75) is 4.90 Å². The third-order valence-electron chi connectivity index (χ3n) is 2.74. The Kier molecular flexibility index (Phi) is 5.24. The largest absolute Gasteiger partial charge is 0.314 e. The molecule has 0 radical (unpaired) electrons. The molecule has 0 bridgehead atoms. The number of hydrogen-bond donors (Lipinski definition) is 1. The third-order valence-corrected chi connectivity index (χ3v) is 4.64. The Labute approximate surface area is 117 Å². The van der Waals surface area contributed by atoms with E-state index < -0.39 is 14.9 Å². The van der Waals surface area contributed by atoms with Gasteiger partial charge in [-0.15, -0.1) is 12.4 Å². The van der Waals surface area contributed by atoms with Crippen LogP contribution in [-0.2, 0) is 10.0 Å². The molecule has 0 spiro atoms. The fourth-order valence-electron chi connectivity index (χ4n) is 1.79. The van der Waals surface area contributed by atoms with Crippen LogP contribution in [0, 0.1) is 10.1 Å². The van der Waals surface area contributed by atoms with Crippen LogP contribution in [0.2, 0.25) is 0 Å². The van der Waals surface area contributed by atoms with E-state index in [0.717, 1.165) is 6.07 Å².